The summed E-state index contributed by atoms with van der Waals surface area (Å²) in [5.41, 5.74) is -1.77. The lowest BCUT2D eigenvalue weighted by molar-refractivity contribution is -0.162. The second-order valence-corrected chi connectivity index (χ2v) is 7.15. The third kappa shape index (κ3) is 3.42. The lowest BCUT2D eigenvalue weighted by Gasteiger charge is -2.38. The van der Waals surface area contributed by atoms with Gasteiger partial charge >= 0.3 is 5.97 Å². The average molecular weight is 345 g/mol. The molecular weight excluding hydrogens is 322 g/mol. The molecule has 2 N–H and O–H groups in total. The van der Waals surface area contributed by atoms with E-state index in [0.717, 1.165) is 5.56 Å². The Balaban J connectivity index is 1.84. The number of nitrogens with zero attached hydrogens (tertiary/aromatic N) is 1. The molecule has 25 heavy (non-hydrogen) atoms. The number of methoxy groups -OCH3 is 1. The van der Waals surface area contributed by atoms with Gasteiger partial charge in [0.25, 0.3) is 0 Å². The van der Waals surface area contributed by atoms with Gasteiger partial charge in [0.1, 0.15) is 0 Å². The molecule has 2 aliphatic carbocycles. The molecule has 2 aliphatic rings. The van der Waals surface area contributed by atoms with Crippen molar-refractivity contribution < 1.29 is 24.5 Å². The molecule has 0 heterocycles. The smallest absolute Gasteiger partial charge is 0.335 e. The molecule has 0 bridgehead atoms. The highest BCUT2D eigenvalue weighted by molar-refractivity contribution is 5.77. The van der Waals surface area contributed by atoms with Crippen molar-refractivity contribution in [1.82, 2.24) is 0 Å². The zero-order valence-corrected chi connectivity index (χ0v) is 14.3. The number of carboxylic acid groups (broad SMARTS) is 1. The van der Waals surface area contributed by atoms with Gasteiger partial charge in [-0.05, 0) is 62.1 Å². The quantitative estimate of drug-likeness (QED) is 0.822. The molecule has 0 atom stereocenters. The molecule has 6 nitrogen and oxygen atoms in total. The Morgan fingerprint density at radius 2 is 1.96 bits per heavy atom. The second kappa shape index (κ2) is 6.57. The van der Waals surface area contributed by atoms with E-state index in [1.807, 2.05) is 12.1 Å². The van der Waals surface area contributed by atoms with Crippen LogP contribution in [0.25, 0.3) is 0 Å². The number of aliphatic carboxylic acids is 1. The van der Waals surface area contributed by atoms with Gasteiger partial charge in [-0.25, -0.2) is 4.79 Å². The Bertz CT molecular complexity index is 696. The standard InChI is InChI=1S/C19H23NO5/c1-24-15-5-4-14(10-16(15)25-11-13-2-3-13)18(12-20)6-8-19(23,9-7-18)17(21)22/h4-5,10,13,23H,2-3,6-9,11H2,1H3,(H,21,22)/t18-,19-. The number of hydrogen-bond acceptors (Lipinski definition) is 5. The van der Waals surface area contributed by atoms with E-state index in [4.69, 9.17) is 9.47 Å². The van der Waals surface area contributed by atoms with Gasteiger partial charge in [0.15, 0.2) is 17.1 Å². The topological polar surface area (TPSA) is 99.8 Å². The highest BCUT2D eigenvalue weighted by atomic mass is 16.5. The summed E-state index contributed by atoms with van der Waals surface area (Å²) >= 11 is 0. The van der Waals surface area contributed by atoms with Crippen molar-refractivity contribution in [3.63, 3.8) is 0 Å². The number of ether oxygens (including phenoxy) is 2. The van der Waals surface area contributed by atoms with Crippen LogP contribution in [0.2, 0.25) is 0 Å². The maximum Gasteiger partial charge on any atom is 0.335 e. The highest BCUT2D eigenvalue weighted by Gasteiger charge is 2.47. The Morgan fingerprint density at radius 3 is 2.48 bits per heavy atom. The Labute approximate surface area is 147 Å². The lowest BCUT2D eigenvalue weighted by atomic mass is 9.66. The number of benzene rings is 1. The van der Waals surface area contributed by atoms with Gasteiger partial charge in [-0.15, -0.1) is 0 Å². The first-order valence-corrected chi connectivity index (χ1v) is 8.61. The van der Waals surface area contributed by atoms with Crippen molar-refractivity contribution in [2.45, 2.75) is 49.5 Å². The summed E-state index contributed by atoms with van der Waals surface area (Å²) in [5.74, 6) is 0.608. The van der Waals surface area contributed by atoms with Crippen LogP contribution in [0.15, 0.2) is 18.2 Å². The van der Waals surface area contributed by atoms with Crippen molar-refractivity contribution in [3.05, 3.63) is 23.8 Å². The highest BCUT2D eigenvalue weighted by Crippen LogP contribution is 2.45. The van der Waals surface area contributed by atoms with Crippen LogP contribution in [0.4, 0.5) is 0 Å². The molecule has 0 aromatic heterocycles. The molecule has 0 amide bonds. The summed E-state index contributed by atoms with van der Waals surface area (Å²) in [6.45, 7) is 0.637. The predicted octanol–water partition coefficient (Wildman–Crippen LogP) is 2.64. The molecule has 3 rings (SSSR count). The van der Waals surface area contributed by atoms with Crippen LogP contribution in [0, 0.1) is 17.2 Å². The zero-order valence-electron chi connectivity index (χ0n) is 14.3. The van der Waals surface area contributed by atoms with Crippen LogP contribution in [0.1, 0.15) is 44.1 Å². The Hall–Kier alpha value is -2.26. The van der Waals surface area contributed by atoms with Crippen molar-refractivity contribution in [1.29, 1.82) is 5.26 Å². The van der Waals surface area contributed by atoms with E-state index < -0.39 is 17.0 Å². The molecule has 2 fully saturated rings. The number of nitriles is 1. The van der Waals surface area contributed by atoms with Gasteiger partial charge in [0, 0.05) is 0 Å². The molecule has 0 radical (unpaired) electrons. The maximum atomic E-state index is 11.2. The Morgan fingerprint density at radius 1 is 1.28 bits per heavy atom. The summed E-state index contributed by atoms with van der Waals surface area (Å²) in [7, 11) is 1.58. The summed E-state index contributed by atoms with van der Waals surface area (Å²) in [6, 6.07) is 7.80. The largest absolute Gasteiger partial charge is 0.493 e. The van der Waals surface area contributed by atoms with Crippen molar-refractivity contribution in [2.75, 3.05) is 13.7 Å². The third-order valence-electron chi connectivity index (χ3n) is 5.43. The molecule has 6 heteroatoms. The van der Waals surface area contributed by atoms with Gasteiger partial charge in [0.2, 0.25) is 0 Å². The van der Waals surface area contributed by atoms with E-state index in [9.17, 15) is 20.3 Å². The number of rotatable bonds is 6. The fourth-order valence-electron chi connectivity index (χ4n) is 3.35. The van der Waals surface area contributed by atoms with Gasteiger partial charge in [0.05, 0.1) is 25.2 Å². The summed E-state index contributed by atoms with van der Waals surface area (Å²) < 4.78 is 11.2. The first-order valence-electron chi connectivity index (χ1n) is 8.61. The molecule has 2 saturated carbocycles. The molecular formula is C19H23NO5. The first-order chi connectivity index (χ1) is 11.9. The van der Waals surface area contributed by atoms with Crippen LogP contribution in [-0.2, 0) is 10.2 Å². The molecule has 1 aromatic rings. The van der Waals surface area contributed by atoms with Gasteiger partial charge < -0.3 is 19.7 Å². The van der Waals surface area contributed by atoms with Gasteiger partial charge in [-0.2, -0.15) is 5.26 Å². The van der Waals surface area contributed by atoms with Gasteiger partial charge in [-0.1, -0.05) is 6.07 Å². The van der Waals surface area contributed by atoms with Crippen molar-refractivity contribution in [2.24, 2.45) is 5.92 Å². The van der Waals surface area contributed by atoms with E-state index in [1.165, 1.54) is 12.8 Å². The summed E-state index contributed by atoms with van der Waals surface area (Å²) in [4.78, 5) is 11.2. The SMILES string of the molecule is COc1ccc([C@]2(C#N)CC[C@](O)(C(=O)O)CC2)cc1OCC1CC1. The van der Waals surface area contributed by atoms with E-state index in [1.54, 1.807) is 13.2 Å². The van der Waals surface area contributed by atoms with E-state index in [2.05, 4.69) is 6.07 Å². The Kier molecular flexibility index (Phi) is 4.61. The van der Waals surface area contributed by atoms with Crippen LogP contribution in [0.5, 0.6) is 11.5 Å². The summed E-state index contributed by atoms with van der Waals surface area (Å²) in [6.07, 6.45) is 3.05. The van der Waals surface area contributed by atoms with Crippen LogP contribution in [-0.4, -0.2) is 35.5 Å². The third-order valence-corrected chi connectivity index (χ3v) is 5.43. The van der Waals surface area contributed by atoms with Crippen LogP contribution in [0.3, 0.4) is 0 Å². The van der Waals surface area contributed by atoms with Crippen LogP contribution >= 0.6 is 0 Å². The molecule has 0 saturated heterocycles. The lowest BCUT2D eigenvalue weighted by Crippen LogP contribution is -2.46. The molecule has 0 unspecified atom stereocenters. The van der Waals surface area contributed by atoms with Gasteiger partial charge in [-0.3, -0.25) is 0 Å². The minimum absolute atomic E-state index is 0.0557. The van der Waals surface area contributed by atoms with Crippen molar-refractivity contribution in [3.8, 4) is 17.6 Å². The number of aliphatic hydroxyl groups is 1. The summed E-state index contributed by atoms with van der Waals surface area (Å²) in [5, 5.41) is 29.1. The fraction of sp³-hybridized carbons (Fsp3) is 0.579. The minimum Gasteiger partial charge on any atom is -0.493 e. The fourth-order valence-corrected chi connectivity index (χ4v) is 3.35. The molecule has 1 aromatic carbocycles. The number of carbonyl (C=O) groups is 1. The minimum atomic E-state index is -1.74. The number of carboxylic acids is 1. The predicted molar refractivity (Wildman–Crippen MR) is 89.6 cm³/mol. The average Bonchev–Trinajstić information content (AvgIpc) is 3.45. The second-order valence-electron chi connectivity index (χ2n) is 7.15. The van der Waals surface area contributed by atoms with Crippen molar-refractivity contribution >= 4 is 5.97 Å². The van der Waals surface area contributed by atoms with E-state index in [-0.39, 0.29) is 12.8 Å². The molecule has 0 aliphatic heterocycles. The molecule has 0 spiro atoms. The van der Waals surface area contributed by atoms with E-state index in [0.29, 0.717) is 36.9 Å². The maximum absolute atomic E-state index is 11.2. The first kappa shape index (κ1) is 17.6. The van der Waals surface area contributed by atoms with Crippen LogP contribution < -0.4 is 9.47 Å². The normalized spacial score (nSPS) is 28.8. The molecule has 134 valence electrons. The zero-order chi connectivity index (χ0) is 18.1. The number of hydrogen-bond donors (Lipinski definition) is 2. The monoisotopic (exact) mass is 345 g/mol. The van der Waals surface area contributed by atoms with E-state index >= 15 is 0 Å².